The van der Waals surface area contributed by atoms with Crippen LogP contribution in [0.15, 0.2) is 72.9 Å². The molecule has 22 heteroatoms. The van der Waals surface area contributed by atoms with Crippen molar-refractivity contribution in [2.24, 2.45) is 0 Å². The number of aromatic nitrogens is 2. The van der Waals surface area contributed by atoms with E-state index in [2.05, 4.69) is 20.6 Å². The number of carboxylic acid groups (broad SMARTS) is 1. The first kappa shape index (κ1) is 42.5. The Bertz CT molecular complexity index is 2350. The van der Waals surface area contributed by atoms with Gasteiger partial charge in [0.1, 0.15) is 11.6 Å². The maximum atomic E-state index is 15.3. The lowest BCUT2D eigenvalue weighted by Gasteiger charge is -2.19. The second kappa shape index (κ2) is 15.4. The number of nitrogens with one attached hydrogen (secondary N) is 4. The summed E-state index contributed by atoms with van der Waals surface area (Å²) in [6.07, 6.45) is -19.1. The van der Waals surface area contributed by atoms with Crippen molar-refractivity contribution in [2.75, 3.05) is 10.6 Å². The number of halogens is 13. The molecule has 6 rings (SSSR count). The smallest absolute Gasteiger partial charge is 0.418 e. The van der Waals surface area contributed by atoms with Crippen LogP contribution < -0.4 is 16.0 Å². The van der Waals surface area contributed by atoms with Crippen molar-refractivity contribution in [3.8, 4) is 22.5 Å². The lowest BCUT2D eigenvalue weighted by atomic mass is 9.92. The van der Waals surface area contributed by atoms with E-state index in [1.165, 1.54) is 12.1 Å². The maximum Gasteiger partial charge on any atom is 0.418 e. The van der Waals surface area contributed by atoms with E-state index in [9.17, 15) is 67.1 Å². The maximum absolute atomic E-state index is 15.3. The number of amides is 3. The zero-order valence-electron chi connectivity index (χ0n) is 28.7. The SMILES string of the molecule is Cc1cnc(-c2ccc(-c3ccc(NC(=O)Nc4c(C(F)(F)F)cccc4C(F)(F)F)cc3F)c3c2C(=O)NC3)[nH]1.O=C(O)c1c(C(F)(F)F)cccc1C(F)(F)F. The van der Waals surface area contributed by atoms with Crippen molar-refractivity contribution >= 4 is 29.3 Å². The second-order valence-electron chi connectivity index (χ2n) is 12.1. The number of nitrogens with zero attached hydrogens (tertiary/aromatic N) is 1. The predicted molar refractivity (Wildman–Crippen MR) is 178 cm³/mol. The number of fused-ring (bicyclic) bond motifs is 1. The van der Waals surface area contributed by atoms with Gasteiger partial charge >= 0.3 is 36.7 Å². The molecule has 0 saturated heterocycles. The summed E-state index contributed by atoms with van der Waals surface area (Å²) in [5, 5.41) is 14.8. The molecule has 2 heterocycles. The van der Waals surface area contributed by atoms with E-state index in [0.717, 1.165) is 11.8 Å². The third-order valence-corrected chi connectivity index (χ3v) is 8.24. The van der Waals surface area contributed by atoms with Gasteiger partial charge in [-0.1, -0.05) is 18.2 Å². The van der Waals surface area contributed by atoms with Gasteiger partial charge in [0.25, 0.3) is 5.91 Å². The fourth-order valence-electron chi connectivity index (χ4n) is 5.85. The van der Waals surface area contributed by atoms with Crippen LogP contribution in [0.5, 0.6) is 0 Å². The van der Waals surface area contributed by atoms with Crippen molar-refractivity contribution in [1.29, 1.82) is 0 Å². The Morgan fingerprint density at radius 3 is 1.67 bits per heavy atom. The van der Waals surface area contributed by atoms with E-state index in [1.54, 1.807) is 30.6 Å². The Hall–Kier alpha value is -6.61. The first-order valence-corrected chi connectivity index (χ1v) is 15.9. The van der Waals surface area contributed by atoms with Gasteiger partial charge in [-0.05, 0) is 66.6 Å². The van der Waals surface area contributed by atoms with Gasteiger partial charge in [-0.2, -0.15) is 52.7 Å². The average molecular weight is 836 g/mol. The summed E-state index contributed by atoms with van der Waals surface area (Å²) in [5.41, 5.74) is -8.04. The molecule has 0 radical (unpaired) electrons. The molecule has 9 nitrogen and oxygen atoms in total. The summed E-state index contributed by atoms with van der Waals surface area (Å²) in [4.78, 5) is 42.8. The predicted octanol–water partition coefficient (Wildman–Crippen LogP) is 10.5. The number of alkyl halides is 12. The number of para-hydroxylation sites is 1. The zero-order valence-corrected chi connectivity index (χ0v) is 28.7. The summed E-state index contributed by atoms with van der Waals surface area (Å²) < 4.78 is 170. The fraction of sp³-hybridized carbons (Fsp3) is 0.167. The average Bonchev–Trinajstić information content (AvgIpc) is 3.72. The number of H-pyrrole nitrogens is 1. The minimum Gasteiger partial charge on any atom is -0.478 e. The minimum absolute atomic E-state index is 0.0488. The van der Waals surface area contributed by atoms with Gasteiger partial charge in [-0.25, -0.2) is 19.0 Å². The van der Waals surface area contributed by atoms with E-state index < -0.39 is 76.0 Å². The molecule has 0 atom stereocenters. The van der Waals surface area contributed by atoms with E-state index in [-0.39, 0.29) is 23.7 Å². The van der Waals surface area contributed by atoms with Crippen molar-refractivity contribution in [2.45, 2.75) is 38.2 Å². The summed E-state index contributed by atoms with van der Waals surface area (Å²) in [6.45, 7) is 1.90. The molecule has 306 valence electrons. The molecule has 0 saturated carbocycles. The first-order valence-electron chi connectivity index (χ1n) is 15.9. The van der Waals surface area contributed by atoms with Crippen LogP contribution in [0.1, 0.15) is 54.2 Å². The van der Waals surface area contributed by atoms with E-state index in [4.69, 9.17) is 5.11 Å². The van der Waals surface area contributed by atoms with Crippen LogP contribution >= 0.6 is 0 Å². The number of imidazole rings is 1. The highest BCUT2D eigenvalue weighted by molar-refractivity contribution is 6.06. The Labute approximate surface area is 315 Å². The number of rotatable bonds is 5. The molecule has 1 aliphatic rings. The van der Waals surface area contributed by atoms with Crippen LogP contribution in [-0.2, 0) is 31.2 Å². The minimum atomic E-state index is -5.19. The zero-order chi connectivity index (χ0) is 43.1. The number of aryl methyl sites for hydroxylation is 1. The van der Waals surface area contributed by atoms with Crippen LogP contribution in [0.2, 0.25) is 0 Å². The number of hydrogen-bond acceptors (Lipinski definition) is 4. The normalized spacial score (nSPS) is 13.0. The molecule has 0 unspecified atom stereocenters. The number of aromatic amines is 1. The van der Waals surface area contributed by atoms with Crippen molar-refractivity contribution < 1.29 is 76.6 Å². The monoisotopic (exact) mass is 835 g/mol. The van der Waals surface area contributed by atoms with Gasteiger partial charge in [0.2, 0.25) is 0 Å². The standard InChI is InChI=1S/C27H18F7N5O2.C9H4F6O2/c1-12-10-35-23(37-12)16-8-7-14(17-11-36-24(40)21(16)17)15-6-5-13(9-20(15)28)38-25(41)39-22-18(26(29,30)31)3-2-4-19(22)27(32,33)34;10-8(11,12)4-2-1-3-5(9(13,14)15)6(4)7(16)17/h2-10H,11H2,1H3,(H,35,37)(H,36,40)(H2,38,39,41);1-3H,(H,16,17). The van der Waals surface area contributed by atoms with Crippen LogP contribution in [0.25, 0.3) is 22.5 Å². The van der Waals surface area contributed by atoms with Gasteiger partial charge in [-0.3, -0.25) is 4.79 Å². The van der Waals surface area contributed by atoms with E-state index >= 15 is 4.39 Å². The first-order chi connectivity index (χ1) is 26.8. The third-order valence-electron chi connectivity index (χ3n) is 8.24. The summed E-state index contributed by atoms with van der Waals surface area (Å²) >= 11 is 0. The number of carbonyl (C=O) groups is 3. The summed E-state index contributed by atoms with van der Waals surface area (Å²) in [6, 6.07) is 7.56. The molecule has 58 heavy (non-hydrogen) atoms. The Kier molecular flexibility index (Phi) is 11.3. The Balaban J connectivity index is 0.000000316. The number of carboxylic acids is 1. The molecule has 0 bridgehead atoms. The molecule has 5 aromatic rings. The van der Waals surface area contributed by atoms with Crippen molar-refractivity contribution in [3.05, 3.63) is 123 Å². The lowest BCUT2D eigenvalue weighted by Crippen LogP contribution is -2.24. The van der Waals surface area contributed by atoms with Gasteiger partial charge in [0.15, 0.2) is 0 Å². The van der Waals surface area contributed by atoms with Crippen LogP contribution in [0.3, 0.4) is 0 Å². The van der Waals surface area contributed by atoms with Crippen LogP contribution in [0.4, 0.5) is 73.2 Å². The number of aromatic carboxylic acids is 1. The highest BCUT2D eigenvalue weighted by atomic mass is 19.4. The van der Waals surface area contributed by atoms with Gasteiger partial charge in [0, 0.05) is 35.2 Å². The quantitative estimate of drug-likeness (QED) is 0.112. The van der Waals surface area contributed by atoms with Crippen molar-refractivity contribution in [1.82, 2.24) is 15.3 Å². The largest absolute Gasteiger partial charge is 0.478 e. The second-order valence-corrected chi connectivity index (χ2v) is 12.1. The highest BCUT2D eigenvalue weighted by Gasteiger charge is 2.43. The molecule has 3 amide bonds. The van der Waals surface area contributed by atoms with Gasteiger partial charge in [-0.15, -0.1) is 0 Å². The topological polar surface area (TPSA) is 136 Å². The number of benzene rings is 4. The third kappa shape index (κ3) is 8.99. The van der Waals surface area contributed by atoms with E-state index in [1.807, 2.05) is 0 Å². The lowest BCUT2D eigenvalue weighted by molar-refractivity contribution is -0.144. The fourth-order valence-corrected chi connectivity index (χ4v) is 5.85. The van der Waals surface area contributed by atoms with Gasteiger partial charge < -0.3 is 26.0 Å². The highest BCUT2D eigenvalue weighted by Crippen LogP contribution is 2.43. The van der Waals surface area contributed by atoms with Gasteiger partial charge in [0.05, 0.1) is 39.1 Å². The summed E-state index contributed by atoms with van der Waals surface area (Å²) in [7, 11) is 0. The molecule has 5 N–H and O–H groups in total. The molecular weight excluding hydrogens is 813 g/mol. The molecule has 0 aliphatic carbocycles. The van der Waals surface area contributed by atoms with E-state index in [0.29, 0.717) is 64.5 Å². The molecular formula is C36H22F13N5O4. The van der Waals surface area contributed by atoms with Crippen molar-refractivity contribution in [3.63, 3.8) is 0 Å². The number of hydrogen-bond donors (Lipinski definition) is 5. The Morgan fingerprint density at radius 1 is 0.707 bits per heavy atom. The molecule has 1 aromatic heterocycles. The molecule has 0 fully saturated rings. The number of urea groups is 1. The molecule has 0 spiro atoms. The van der Waals surface area contributed by atoms with Crippen LogP contribution in [0, 0.1) is 12.7 Å². The number of carbonyl (C=O) groups excluding carboxylic acids is 2. The number of anilines is 2. The molecule has 1 aliphatic heterocycles. The Morgan fingerprint density at radius 2 is 1.21 bits per heavy atom. The van der Waals surface area contributed by atoms with Crippen LogP contribution in [-0.4, -0.2) is 33.0 Å². The molecule has 4 aromatic carbocycles. The summed E-state index contributed by atoms with van der Waals surface area (Å²) in [5.74, 6) is -3.06.